The van der Waals surface area contributed by atoms with E-state index in [9.17, 15) is 0 Å². The van der Waals surface area contributed by atoms with Crippen LogP contribution in [-0.4, -0.2) is 0 Å². The van der Waals surface area contributed by atoms with Crippen LogP contribution in [0.4, 0.5) is 0 Å². The summed E-state index contributed by atoms with van der Waals surface area (Å²) in [7, 11) is 0. The van der Waals surface area contributed by atoms with Crippen molar-refractivity contribution in [2.24, 2.45) is 0 Å². The average molecular weight is 169 g/mol. The highest BCUT2D eigenvalue weighted by atomic mass is 35.5. The molecule has 1 aliphatic carbocycles. The van der Waals surface area contributed by atoms with Crippen molar-refractivity contribution >= 4 is 24.8 Å². The minimum atomic E-state index is 0. The van der Waals surface area contributed by atoms with Gasteiger partial charge in [0, 0.05) is 0 Å². The molecule has 0 aromatic rings. The third-order valence-electron chi connectivity index (χ3n) is 1.41. The molecule has 1 rings (SSSR count). The predicted molar refractivity (Wildman–Crippen MR) is 46.7 cm³/mol. The molecule has 0 aromatic heterocycles. The first kappa shape index (κ1) is 12.0. The maximum Gasteiger partial charge on any atom is -0.0351 e. The van der Waals surface area contributed by atoms with Crippen LogP contribution >= 0.6 is 24.8 Å². The Labute approximate surface area is 69.5 Å². The molecule has 0 spiro atoms. The summed E-state index contributed by atoms with van der Waals surface area (Å²) in [4.78, 5) is 0. The van der Waals surface area contributed by atoms with Crippen LogP contribution in [0.15, 0.2) is 12.2 Å². The first-order chi connectivity index (χ1) is 3.50. The number of halogens is 2. The molecule has 0 aliphatic heterocycles. The van der Waals surface area contributed by atoms with E-state index in [1.165, 1.54) is 32.1 Å². The molecule has 0 aromatic carbocycles. The topological polar surface area (TPSA) is 0 Å². The molecular weight excluding hydrogens is 155 g/mol. The zero-order valence-electron chi connectivity index (χ0n) is 5.51. The standard InChI is InChI=1S/C7H12.2ClH/c1-2-4-6-7-5-3-1;;/h1-2H,3-7H2;2*1H. The summed E-state index contributed by atoms with van der Waals surface area (Å²) in [5.74, 6) is 0. The average Bonchev–Trinajstić information content (AvgIpc) is 1.90. The van der Waals surface area contributed by atoms with E-state index < -0.39 is 0 Å². The molecule has 2 heteroatoms. The highest BCUT2D eigenvalue weighted by Crippen LogP contribution is 2.08. The second-order valence-corrected chi connectivity index (χ2v) is 2.11. The van der Waals surface area contributed by atoms with Gasteiger partial charge in [-0.25, -0.2) is 0 Å². The van der Waals surface area contributed by atoms with Crippen molar-refractivity contribution in [3.63, 3.8) is 0 Å². The highest BCUT2D eigenvalue weighted by Gasteiger charge is 1.88. The SMILES string of the molecule is C1=CCCCCC1.Cl.Cl. The van der Waals surface area contributed by atoms with Gasteiger partial charge in [0.1, 0.15) is 0 Å². The van der Waals surface area contributed by atoms with Crippen molar-refractivity contribution in [1.29, 1.82) is 0 Å². The maximum absolute atomic E-state index is 2.30. The van der Waals surface area contributed by atoms with Crippen molar-refractivity contribution in [3.05, 3.63) is 12.2 Å². The largest absolute Gasteiger partial charge is 0.147 e. The molecule has 0 N–H and O–H groups in total. The summed E-state index contributed by atoms with van der Waals surface area (Å²) in [5.41, 5.74) is 0. The molecule has 56 valence electrons. The van der Waals surface area contributed by atoms with Crippen LogP contribution in [0.1, 0.15) is 32.1 Å². The third-order valence-corrected chi connectivity index (χ3v) is 1.41. The minimum Gasteiger partial charge on any atom is -0.147 e. The predicted octanol–water partition coefficient (Wildman–Crippen LogP) is 3.35. The maximum atomic E-state index is 2.30. The molecule has 0 heterocycles. The van der Waals surface area contributed by atoms with Gasteiger partial charge in [-0.2, -0.15) is 0 Å². The van der Waals surface area contributed by atoms with Crippen LogP contribution in [0.5, 0.6) is 0 Å². The molecule has 0 atom stereocenters. The number of allylic oxidation sites excluding steroid dienone is 2. The molecular formula is C7H14Cl2. The van der Waals surface area contributed by atoms with Gasteiger partial charge in [0.2, 0.25) is 0 Å². The number of rotatable bonds is 0. The van der Waals surface area contributed by atoms with Crippen molar-refractivity contribution in [2.45, 2.75) is 32.1 Å². The Morgan fingerprint density at radius 2 is 1.11 bits per heavy atom. The molecule has 1 aliphatic rings. The lowest BCUT2D eigenvalue weighted by Gasteiger charge is -1.86. The van der Waals surface area contributed by atoms with Gasteiger partial charge in [-0.05, 0) is 25.7 Å². The summed E-state index contributed by atoms with van der Waals surface area (Å²) < 4.78 is 0. The summed E-state index contributed by atoms with van der Waals surface area (Å²) in [6.45, 7) is 0. The summed E-state index contributed by atoms with van der Waals surface area (Å²) in [5, 5.41) is 0. The molecule has 0 nitrogen and oxygen atoms in total. The zero-order valence-corrected chi connectivity index (χ0v) is 7.14. The van der Waals surface area contributed by atoms with Crippen molar-refractivity contribution in [2.75, 3.05) is 0 Å². The Morgan fingerprint density at radius 3 is 1.56 bits per heavy atom. The van der Waals surface area contributed by atoms with E-state index >= 15 is 0 Å². The molecule has 0 unspecified atom stereocenters. The van der Waals surface area contributed by atoms with Gasteiger partial charge < -0.3 is 0 Å². The summed E-state index contributed by atoms with van der Waals surface area (Å²) in [6, 6.07) is 0. The first-order valence-corrected chi connectivity index (χ1v) is 3.15. The highest BCUT2D eigenvalue weighted by molar-refractivity contribution is 5.85. The zero-order chi connectivity index (χ0) is 4.95. The van der Waals surface area contributed by atoms with E-state index in [-0.39, 0.29) is 24.8 Å². The Hall–Kier alpha value is 0.320. The summed E-state index contributed by atoms with van der Waals surface area (Å²) in [6.07, 6.45) is 11.5. The fourth-order valence-corrected chi connectivity index (χ4v) is 0.937. The van der Waals surface area contributed by atoms with Crippen LogP contribution in [0.25, 0.3) is 0 Å². The lowest BCUT2D eigenvalue weighted by molar-refractivity contribution is 0.718. The van der Waals surface area contributed by atoms with Gasteiger partial charge in [0.05, 0.1) is 0 Å². The van der Waals surface area contributed by atoms with Gasteiger partial charge in [-0.3, -0.25) is 0 Å². The number of hydrogen-bond acceptors (Lipinski definition) is 0. The van der Waals surface area contributed by atoms with Gasteiger partial charge in [0.25, 0.3) is 0 Å². The monoisotopic (exact) mass is 168 g/mol. The number of hydrogen-bond donors (Lipinski definition) is 0. The Morgan fingerprint density at radius 1 is 0.667 bits per heavy atom. The molecule has 0 radical (unpaired) electrons. The van der Waals surface area contributed by atoms with Crippen molar-refractivity contribution in [3.8, 4) is 0 Å². The second kappa shape index (κ2) is 8.32. The minimum absolute atomic E-state index is 0. The lowest BCUT2D eigenvalue weighted by atomic mass is 10.2. The van der Waals surface area contributed by atoms with Crippen LogP contribution in [0.3, 0.4) is 0 Å². The molecule has 0 fully saturated rings. The fourth-order valence-electron chi connectivity index (χ4n) is 0.937. The van der Waals surface area contributed by atoms with E-state index in [0.717, 1.165) is 0 Å². The molecule has 0 saturated carbocycles. The quantitative estimate of drug-likeness (QED) is 0.488. The van der Waals surface area contributed by atoms with Crippen molar-refractivity contribution < 1.29 is 0 Å². The van der Waals surface area contributed by atoms with Crippen LogP contribution in [0.2, 0.25) is 0 Å². The molecule has 0 saturated heterocycles. The van der Waals surface area contributed by atoms with Gasteiger partial charge in [-0.1, -0.05) is 18.6 Å². The van der Waals surface area contributed by atoms with Crippen LogP contribution < -0.4 is 0 Å². The van der Waals surface area contributed by atoms with Gasteiger partial charge >= 0.3 is 0 Å². The third kappa shape index (κ3) is 6.20. The molecule has 0 bridgehead atoms. The van der Waals surface area contributed by atoms with E-state index in [1.807, 2.05) is 0 Å². The normalized spacial score (nSPS) is 16.9. The lowest BCUT2D eigenvalue weighted by Crippen LogP contribution is -1.67. The second-order valence-electron chi connectivity index (χ2n) is 2.11. The van der Waals surface area contributed by atoms with Crippen molar-refractivity contribution in [1.82, 2.24) is 0 Å². The molecule has 9 heavy (non-hydrogen) atoms. The van der Waals surface area contributed by atoms with E-state index in [0.29, 0.717) is 0 Å². The first-order valence-electron chi connectivity index (χ1n) is 3.15. The van der Waals surface area contributed by atoms with Crippen LogP contribution in [-0.2, 0) is 0 Å². The Kier molecular flexibility index (Phi) is 11.1. The van der Waals surface area contributed by atoms with Crippen LogP contribution in [0, 0.1) is 0 Å². The fraction of sp³-hybridized carbons (Fsp3) is 0.714. The Balaban J connectivity index is 0. The Bertz CT molecular complexity index is 61.3. The van der Waals surface area contributed by atoms with E-state index in [4.69, 9.17) is 0 Å². The molecule has 0 amide bonds. The van der Waals surface area contributed by atoms with E-state index in [2.05, 4.69) is 12.2 Å². The van der Waals surface area contributed by atoms with Gasteiger partial charge in [0.15, 0.2) is 0 Å². The smallest absolute Gasteiger partial charge is 0.0351 e. The summed E-state index contributed by atoms with van der Waals surface area (Å²) >= 11 is 0. The van der Waals surface area contributed by atoms with Gasteiger partial charge in [-0.15, -0.1) is 24.8 Å². The van der Waals surface area contributed by atoms with E-state index in [1.54, 1.807) is 0 Å².